The van der Waals surface area contributed by atoms with E-state index in [0.717, 1.165) is 16.7 Å². The van der Waals surface area contributed by atoms with Crippen LogP contribution in [0.2, 0.25) is 0 Å². The van der Waals surface area contributed by atoms with Crippen LogP contribution in [-0.2, 0) is 30.3 Å². The smallest absolute Gasteiger partial charge is 0.352 e. The van der Waals surface area contributed by atoms with Crippen molar-refractivity contribution in [2.75, 3.05) is 12.4 Å². The zero-order valence-corrected chi connectivity index (χ0v) is 24.0. The highest BCUT2D eigenvalue weighted by Crippen LogP contribution is 2.31. The van der Waals surface area contributed by atoms with E-state index >= 15 is 0 Å². The second-order valence-corrected chi connectivity index (χ2v) is 11.0. The number of ketones is 1. The molecule has 0 aliphatic carbocycles. The van der Waals surface area contributed by atoms with Crippen molar-refractivity contribution in [3.8, 4) is 0 Å². The second kappa shape index (κ2) is 14.7. The number of nitrogens with one attached hydrogen (secondary N) is 1. The van der Waals surface area contributed by atoms with Crippen molar-refractivity contribution < 1.29 is 29.0 Å². The summed E-state index contributed by atoms with van der Waals surface area (Å²) in [5.41, 5.74) is 2.98. The van der Waals surface area contributed by atoms with Crippen molar-refractivity contribution in [3.63, 3.8) is 0 Å². The van der Waals surface area contributed by atoms with Crippen LogP contribution in [0.3, 0.4) is 0 Å². The molecule has 210 valence electrons. The van der Waals surface area contributed by atoms with Crippen molar-refractivity contribution in [2.24, 2.45) is 5.92 Å². The minimum atomic E-state index is -1.17. The number of rotatable bonds is 12. The molecule has 40 heavy (non-hydrogen) atoms. The van der Waals surface area contributed by atoms with Crippen LogP contribution in [0, 0.1) is 12.8 Å². The maximum atomic E-state index is 13.0. The highest BCUT2D eigenvalue weighted by Gasteiger charge is 2.36. The third-order valence-electron chi connectivity index (χ3n) is 6.31. The van der Waals surface area contributed by atoms with Gasteiger partial charge in [0.15, 0.2) is 0 Å². The number of thioether (sulfide) groups is 1. The lowest BCUT2D eigenvalue weighted by molar-refractivity contribution is -0.150. The summed E-state index contributed by atoms with van der Waals surface area (Å²) in [6.45, 7) is 7.91. The van der Waals surface area contributed by atoms with Crippen LogP contribution < -0.4 is 15.8 Å². The van der Waals surface area contributed by atoms with Crippen molar-refractivity contribution in [1.29, 1.82) is 0 Å². The summed E-state index contributed by atoms with van der Waals surface area (Å²) in [5, 5.41) is 12.9. The first-order valence-electron chi connectivity index (χ1n) is 12.8. The Kier molecular flexibility index (Phi) is 11.3. The fraction of sp³-hybridized carbons (Fsp3) is 0.290. The molecule has 0 aromatic heterocycles. The molecule has 0 saturated heterocycles. The number of carboxylic acid groups (broad SMARTS) is 1. The standard InChI is InChI=1S/C31H32ClNO6S/c1-4-12-39-31(38)26(17-25(34)14-21-8-6-5-7-9-21)29-33-28(30(36)37)23(18-40-29)11-10-22-15-24(16-27(32)35)20(3)13-19(22)2/h5-11,13,15-16,26,29,33H,3-4,12,14,17-18H2,1-2H3,(H,36,37). The molecular formula is C31H32ClNO6S. The number of Topliss-reactive ketones (excluding diaryl/α,β-unsaturated/α-hetero) is 1. The van der Waals surface area contributed by atoms with Gasteiger partial charge in [0.2, 0.25) is 5.24 Å². The van der Waals surface area contributed by atoms with E-state index in [1.54, 1.807) is 18.2 Å². The minimum Gasteiger partial charge on any atom is -0.477 e. The monoisotopic (exact) mass is 581 g/mol. The second-order valence-electron chi connectivity index (χ2n) is 9.45. The van der Waals surface area contributed by atoms with Gasteiger partial charge in [-0.05, 0) is 63.7 Å². The van der Waals surface area contributed by atoms with E-state index in [0.29, 0.717) is 28.2 Å². The number of carbonyl (C=O) groups is 4. The number of hydrogen-bond acceptors (Lipinski definition) is 7. The molecule has 0 saturated carbocycles. The van der Waals surface area contributed by atoms with Crippen molar-refractivity contribution in [1.82, 2.24) is 5.32 Å². The van der Waals surface area contributed by atoms with Gasteiger partial charge in [-0.1, -0.05) is 62.1 Å². The molecule has 1 aliphatic rings. The van der Waals surface area contributed by atoms with Crippen LogP contribution >= 0.6 is 23.4 Å². The van der Waals surface area contributed by atoms with Crippen LogP contribution in [0.15, 0.2) is 59.8 Å². The van der Waals surface area contributed by atoms with Crippen LogP contribution in [0.4, 0.5) is 0 Å². The first-order valence-corrected chi connectivity index (χ1v) is 14.3. The molecule has 0 fully saturated rings. The van der Waals surface area contributed by atoms with Gasteiger partial charge >= 0.3 is 11.9 Å². The maximum Gasteiger partial charge on any atom is 0.352 e. The summed E-state index contributed by atoms with van der Waals surface area (Å²) < 4.78 is 5.38. The van der Waals surface area contributed by atoms with E-state index in [-0.39, 0.29) is 30.9 Å². The summed E-state index contributed by atoms with van der Waals surface area (Å²) in [7, 11) is 0. The Labute approximate surface area is 242 Å². The van der Waals surface area contributed by atoms with Gasteiger partial charge in [-0.15, -0.1) is 11.8 Å². The molecule has 1 heterocycles. The molecule has 1 aliphatic heterocycles. The Morgan fingerprint density at radius 2 is 1.93 bits per heavy atom. The lowest BCUT2D eigenvalue weighted by Crippen LogP contribution is -2.44. The van der Waals surface area contributed by atoms with Crippen LogP contribution in [0.5, 0.6) is 0 Å². The van der Waals surface area contributed by atoms with Gasteiger partial charge in [0.25, 0.3) is 0 Å². The van der Waals surface area contributed by atoms with Gasteiger partial charge < -0.3 is 15.2 Å². The molecule has 0 bridgehead atoms. The number of hydrogen-bond donors (Lipinski definition) is 2. The lowest BCUT2D eigenvalue weighted by Gasteiger charge is -2.31. The van der Waals surface area contributed by atoms with E-state index in [1.807, 2.05) is 50.2 Å². The van der Waals surface area contributed by atoms with Gasteiger partial charge in [0, 0.05) is 24.7 Å². The molecule has 3 rings (SSSR count). The number of aryl methyl sites for hydroxylation is 1. The van der Waals surface area contributed by atoms with Gasteiger partial charge in [-0.25, -0.2) is 4.79 Å². The Balaban J connectivity index is 1.87. The summed E-state index contributed by atoms with van der Waals surface area (Å²) >= 11 is 6.86. The summed E-state index contributed by atoms with van der Waals surface area (Å²) in [5.74, 6) is -2.39. The average Bonchev–Trinajstić information content (AvgIpc) is 2.91. The molecule has 0 spiro atoms. The number of esters is 1. The van der Waals surface area contributed by atoms with Crippen molar-refractivity contribution >= 4 is 65.1 Å². The minimum absolute atomic E-state index is 0.0436. The third-order valence-corrected chi connectivity index (χ3v) is 7.70. The SMILES string of the molecule is C=c1cc(C)c(C=CC2=C(C(=O)O)NC(C(CC(=O)Cc3ccccc3)C(=O)OCCC)SC2)cc1=CC(=O)Cl. The summed E-state index contributed by atoms with van der Waals surface area (Å²) in [6.07, 6.45) is 5.47. The molecule has 2 atom stereocenters. The average molecular weight is 582 g/mol. The van der Waals surface area contributed by atoms with Crippen LogP contribution in [0.1, 0.15) is 36.5 Å². The fourth-order valence-corrected chi connectivity index (χ4v) is 5.63. The molecule has 2 unspecified atom stereocenters. The molecule has 9 heteroatoms. The van der Waals surface area contributed by atoms with E-state index in [1.165, 1.54) is 17.8 Å². The van der Waals surface area contributed by atoms with Crippen LogP contribution in [-0.4, -0.2) is 45.8 Å². The van der Waals surface area contributed by atoms with E-state index < -0.39 is 28.5 Å². The zero-order valence-electron chi connectivity index (χ0n) is 22.4. The van der Waals surface area contributed by atoms with Crippen molar-refractivity contribution in [2.45, 2.75) is 38.5 Å². The zero-order chi connectivity index (χ0) is 29.2. The Morgan fingerprint density at radius 1 is 1.20 bits per heavy atom. The first kappa shape index (κ1) is 30.9. The van der Waals surface area contributed by atoms with Gasteiger partial charge in [-0.2, -0.15) is 0 Å². The number of ether oxygens (including phenoxy) is 1. The molecule has 0 radical (unpaired) electrons. The van der Waals surface area contributed by atoms with E-state index in [2.05, 4.69) is 11.9 Å². The number of carboxylic acids is 1. The van der Waals surface area contributed by atoms with E-state index in [9.17, 15) is 24.3 Å². The number of halogens is 1. The molecule has 2 aromatic rings. The number of allylic oxidation sites excluding steroid dienone is 1. The predicted octanol–water partition coefficient (Wildman–Crippen LogP) is 3.74. The number of aliphatic carboxylic acids is 1. The normalized spacial score (nSPS) is 16.5. The number of carbonyl (C=O) groups excluding carboxylic acids is 3. The molecule has 2 N–H and O–H groups in total. The van der Waals surface area contributed by atoms with Crippen molar-refractivity contribution in [3.05, 3.63) is 86.9 Å². The topological polar surface area (TPSA) is 110 Å². The molecule has 0 amide bonds. The summed E-state index contributed by atoms with van der Waals surface area (Å²) in [4.78, 5) is 49.5. The largest absolute Gasteiger partial charge is 0.477 e. The number of benzene rings is 2. The Morgan fingerprint density at radius 3 is 2.58 bits per heavy atom. The van der Waals surface area contributed by atoms with Gasteiger partial charge in [0.05, 0.1) is 17.9 Å². The van der Waals surface area contributed by atoms with Gasteiger partial charge in [0.1, 0.15) is 11.5 Å². The fourth-order valence-electron chi connectivity index (χ4n) is 4.27. The lowest BCUT2D eigenvalue weighted by atomic mass is 9.97. The Hall–Kier alpha value is -3.62. The van der Waals surface area contributed by atoms with Gasteiger partial charge in [-0.3, -0.25) is 14.4 Å². The quantitative estimate of drug-likeness (QED) is 0.288. The molecule has 7 nitrogen and oxygen atoms in total. The van der Waals surface area contributed by atoms with E-state index in [4.69, 9.17) is 16.3 Å². The van der Waals surface area contributed by atoms with Crippen LogP contribution in [0.25, 0.3) is 18.7 Å². The Bertz CT molecular complexity index is 1450. The highest BCUT2D eigenvalue weighted by molar-refractivity contribution is 8.00. The third kappa shape index (κ3) is 8.69. The summed E-state index contributed by atoms with van der Waals surface area (Å²) in [6, 6.07) is 12.8. The molecular weight excluding hydrogens is 550 g/mol. The highest BCUT2D eigenvalue weighted by atomic mass is 35.5. The predicted molar refractivity (Wildman–Crippen MR) is 159 cm³/mol. The maximum absolute atomic E-state index is 13.0. The first-order chi connectivity index (χ1) is 19.1. The molecule has 2 aromatic carbocycles.